The molecule has 8 nitrogen and oxygen atoms in total. The number of nitrogens with zero attached hydrogens (tertiary/aromatic N) is 5. The zero-order valence-electron chi connectivity index (χ0n) is 21.2. The van der Waals surface area contributed by atoms with Crippen molar-refractivity contribution in [3.05, 3.63) is 40.0 Å². The second-order valence-corrected chi connectivity index (χ2v) is 10.5. The van der Waals surface area contributed by atoms with Crippen LogP contribution in [-0.4, -0.2) is 86.5 Å². The smallest absolute Gasteiger partial charge is 0.146 e. The lowest BCUT2D eigenvalue weighted by molar-refractivity contribution is 0.0331. The van der Waals surface area contributed by atoms with Crippen LogP contribution >= 0.6 is 11.3 Å². The molecule has 4 heterocycles. The average molecular weight is 498 g/mol. The van der Waals surface area contributed by atoms with Gasteiger partial charge in [0.15, 0.2) is 0 Å². The molecule has 3 aromatic rings. The van der Waals surface area contributed by atoms with E-state index in [2.05, 4.69) is 34.6 Å². The summed E-state index contributed by atoms with van der Waals surface area (Å²) in [6, 6.07) is 6.01. The van der Waals surface area contributed by atoms with Crippen molar-refractivity contribution >= 4 is 27.4 Å². The summed E-state index contributed by atoms with van der Waals surface area (Å²) in [6.07, 6.45) is 0. The van der Waals surface area contributed by atoms with E-state index >= 15 is 0 Å². The monoisotopic (exact) mass is 497 g/mol. The molecule has 2 fully saturated rings. The predicted molar refractivity (Wildman–Crippen MR) is 140 cm³/mol. The molecule has 2 aromatic heterocycles. The largest absolute Gasteiger partial charge is 0.497 e. The van der Waals surface area contributed by atoms with Gasteiger partial charge in [-0.3, -0.25) is 9.80 Å². The molecule has 0 radical (unpaired) electrons. The van der Waals surface area contributed by atoms with Crippen molar-refractivity contribution < 1.29 is 14.2 Å². The quantitative estimate of drug-likeness (QED) is 0.492. The number of benzene rings is 1. The molecular weight excluding hydrogens is 462 g/mol. The zero-order chi connectivity index (χ0) is 24.4. The minimum atomic E-state index is 0.776. The number of fused-ring (bicyclic) bond motifs is 1. The van der Waals surface area contributed by atoms with Gasteiger partial charge in [-0.2, -0.15) is 0 Å². The Morgan fingerprint density at radius 1 is 0.914 bits per heavy atom. The Balaban J connectivity index is 1.34. The van der Waals surface area contributed by atoms with Crippen LogP contribution in [0, 0.1) is 13.8 Å². The third-order valence-corrected chi connectivity index (χ3v) is 8.18. The number of morpholine rings is 1. The van der Waals surface area contributed by atoms with Gasteiger partial charge >= 0.3 is 0 Å². The summed E-state index contributed by atoms with van der Waals surface area (Å²) in [7, 11) is 3.43. The SMILES string of the molecule is COc1ccc(OC)c(CN2CCN(c3nc(CN4CCOCC4)nc4sc(C)c(C)c34)CC2)c1. The van der Waals surface area contributed by atoms with Crippen molar-refractivity contribution in [2.24, 2.45) is 0 Å². The van der Waals surface area contributed by atoms with E-state index in [1.54, 1.807) is 25.6 Å². The van der Waals surface area contributed by atoms with Crippen molar-refractivity contribution in [3.8, 4) is 11.5 Å². The molecule has 0 N–H and O–H groups in total. The molecule has 0 bridgehead atoms. The Morgan fingerprint density at radius 3 is 2.37 bits per heavy atom. The first kappa shape index (κ1) is 24.2. The van der Waals surface area contributed by atoms with Gasteiger partial charge in [-0.15, -0.1) is 11.3 Å². The van der Waals surface area contributed by atoms with E-state index in [9.17, 15) is 0 Å². The zero-order valence-corrected chi connectivity index (χ0v) is 22.0. The van der Waals surface area contributed by atoms with Crippen LogP contribution in [0.2, 0.25) is 0 Å². The molecule has 2 aliphatic heterocycles. The van der Waals surface area contributed by atoms with Crippen LogP contribution in [0.1, 0.15) is 21.8 Å². The molecule has 0 spiro atoms. The fraction of sp³-hybridized carbons (Fsp3) is 0.538. The van der Waals surface area contributed by atoms with Gasteiger partial charge in [0.1, 0.15) is 28.0 Å². The molecule has 0 atom stereocenters. The Kier molecular flexibility index (Phi) is 7.38. The Hall–Kier alpha value is -2.46. The minimum absolute atomic E-state index is 0.776. The molecule has 1 aromatic carbocycles. The molecule has 0 aliphatic carbocycles. The van der Waals surface area contributed by atoms with Crippen LogP contribution in [0.25, 0.3) is 10.2 Å². The summed E-state index contributed by atoms with van der Waals surface area (Å²) in [4.78, 5) is 19.9. The standard InChI is InChI=1S/C26H35N5O3S/c1-18-19(2)35-26-24(18)25(27-23(28-26)17-30-11-13-34-14-12-30)31-9-7-29(8-10-31)16-20-15-21(32-3)5-6-22(20)33-4/h5-6,15H,7-14,16-17H2,1-4H3. The maximum absolute atomic E-state index is 5.60. The van der Waals surface area contributed by atoms with Gasteiger partial charge in [0.05, 0.1) is 39.4 Å². The van der Waals surface area contributed by atoms with Crippen molar-refractivity contribution in [3.63, 3.8) is 0 Å². The van der Waals surface area contributed by atoms with E-state index in [0.717, 1.165) is 99.1 Å². The first-order valence-corrected chi connectivity index (χ1v) is 13.1. The predicted octanol–water partition coefficient (Wildman–Crippen LogP) is 3.48. The van der Waals surface area contributed by atoms with Gasteiger partial charge in [-0.1, -0.05) is 0 Å². The summed E-state index contributed by atoms with van der Waals surface area (Å²) in [5.41, 5.74) is 2.46. The van der Waals surface area contributed by atoms with Gasteiger partial charge in [-0.25, -0.2) is 9.97 Å². The van der Waals surface area contributed by atoms with E-state index in [1.165, 1.54) is 15.8 Å². The number of aromatic nitrogens is 2. The van der Waals surface area contributed by atoms with Crippen molar-refractivity contribution in [1.29, 1.82) is 0 Å². The Morgan fingerprint density at radius 2 is 1.66 bits per heavy atom. The van der Waals surface area contributed by atoms with E-state index in [0.29, 0.717) is 0 Å². The van der Waals surface area contributed by atoms with Crippen molar-refractivity contribution in [1.82, 2.24) is 19.8 Å². The number of anilines is 1. The van der Waals surface area contributed by atoms with Crippen LogP contribution in [-0.2, 0) is 17.8 Å². The third kappa shape index (κ3) is 5.23. The van der Waals surface area contributed by atoms with Gasteiger partial charge in [0, 0.05) is 56.3 Å². The number of hydrogen-bond acceptors (Lipinski definition) is 9. The number of piperazine rings is 1. The van der Waals surface area contributed by atoms with Crippen LogP contribution < -0.4 is 14.4 Å². The second-order valence-electron chi connectivity index (χ2n) is 9.26. The maximum Gasteiger partial charge on any atom is 0.146 e. The topological polar surface area (TPSA) is 63.2 Å². The lowest BCUT2D eigenvalue weighted by Crippen LogP contribution is -2.46. The lowest BCUT2D eigenvalue weighted by atomic mass is 10.1. The van der Waals surface area contributed by atoms with E-state index in [4.69, 9.17) is 24.2 Å². The van der Waals surface area contributed by atoms with Crippen LogP contribution in [0.3, 0.4) is 0 Å². The summed E-state index contributed by atoms with van der Waals surface area (Å²) < 4.78 is 16.5. The normalized spacial score (nSPS) is 17.8. The van der Waals surface area contributed by atoms with Crippen LogP contribution in [0.15, 0.2) is 18.2 Å². The van der Waals surface area contributed by atoms with E-state index < -0.39 is 0 Å². The van der Waals surface area contributed by atoms with Crippen LogP contribution in [0.5, 0.6) is 11.5 Å². The molecule has 0 amide bonds. The highest BCUT2D eigenvalue weighted by Gasteiger charge is 2.25. The highest BCUT2D eigenvalue weighted by molar-refractivity contribution is 7.18. The first-order valence-electron chi connectivity index (χ1n) is 12.3. The number of thiophene rings is 1. The number of methoxy groups -OCH3 is 2. The summed E-state index contributed by atoms with van der Waals surface area (Å²) in [5, 5.41) is 1.22. The molecule has 2 saturated heterocycles. The second kappa shape index (κ2) is 10.7. The maximum atomic E-state index is 5.60. The molecule has 5 rings (SSSR count). The number of ether oxygens (including phenoxy) is 3. The average Bonchev–Trinajstić information content (AvgIpc) is 3.17. The molecule has 35 heavy (non-hydrogen) atoms. The summed E-state index contributed by atoms with van der Waals surface area (Å²) >= 11 is 1.79. The van der Waals surface area contributed by atoms with Gasteiger partial charge in [0.25, 0.3) is 0 Å². The number of aryl methyl sites for hydroxylation is 2. The summed E-state index contributed by atoms with van der Waals surface area (Å²) in [5.74, 6) is 3.78. The van der Waals surface area contributed by atoms with Crippen molar-refractivity contribution in [2.75, 3.05) is 71.6 Å². The lowest BCUT2D eigenvalue weighted by Gasteiger charge is -2.36. The third-order valence-electron chi connectivity index (χ3n) is 7.08. The molecule has 0 saturated carbocycles. The molecule has 0 unspecified atom stereocenters. The van der Waals surface area contributed by atoms with Crippen LogP contribution in [0.4, 0.5) is 5.82 Å². The first-order chi connectivity index (χ1) is 17.1. The Labute approximate surface area is 211 Å². The molecular formula is C26H35N5O3S. The van der Waals surface area contributed by atoms with Crippen molar-refractivity contribution in [2.45, 2.75) is 26.9 Å². The van der Waals surface area contributed by atoms with Gasteiger partial charge in [-0.05, 0) is 37.6 Å². The Bertz CT molecular complexity index is 1170. The number of hydrogen-bond donors (Lipinski definition) is 0. The minimum Gasteiger partial charge on any atom is -0.497 e. The van der Waals surface area contributed by atoms with Gasteiger partial charge < -0.3 is 19.1 Å². The van der Waals surface area contributed by atoms with E-state index in [1.807, 2.05) is 12.1 Å². The fourth-order valence-electron chi connectivity index (χ4n) is 4.89. The summed E-state index contributed by atoms with van der Waals surface area (Å²) in [6.45, 7) is 13.2. The molecule has 188 valence electrons. The van der Waals surface area contributed by atoms with E-state index in [-0.39, 0.29) is 0 Å². The number of rotatable bonds is 7. The molecule has 9 heteroatoms. The molecule has 2 aliphatic rings. The highest BCUT2D eigenvalue weighted by atomic mass is 32.1. The fourth-order valence-corrected chi connectivity index (χ4v) is 5.94. The van der Waals surface area contributed by atoms with Gasteiger partial charge in [0.2, 0.25) is 0 Å². The highest BCUT2D eigenvalue weighted by Crippen LogP contribution is 2.36.